The van der Waals surface area contributed by atoms with Crippen LogP contribution in [0.5, 0.6) is 0 Å². The maximum absolute atomic E-state index is 14.4. The molecule has 14 heteroatoms. The highest BCUT2D eigenvalue weighted by molar-refractivity contribution is 6.00. The van der Waals surface area contributed by atoms with E-state index in [0.717, 1.165) is 16.6 Å². The summed E-state index contributed by atoms with van der Waals surface area (Å²) in [4.78, 5) is 74.0. The predicted octanol–water partition coefficient (Wildman–Crippen LogP) is 5.47. The lowest BCUT2D eigenvalue weighted by Crippen LogP contribution is -2.60. The molecule has 302 valence electrons. The molecule has 2 aliphatic heterocycles. The zero-order chi connectivity index (χ0) is 40.7. The molecule has 0 aromatic carbocycles. The molecule has 3 rings (SSSR count). The van der Waals surface area contributed by atoms with Crippen LogP contribution < -0.4 is 0 Å². The lowest BCUT2D eigenvalue weighted by Gasteiger charge is -2.48. The van der Waals surface area contributed by atoms with E-state index in [1.165, 1.54) is 45.8 Å². The van der Waals surface area contributed by atoms with Crippen LogP contribution in [0.3, 0.4) is 0 Å². The second kappa shape index (κ2) is 18.7. The van der Waals surface area contributed by atoms with Crippen LogP contribution in [-0.2, 0) is 47.6 Å². The maximum Gasteiger partial charge on any atom is 0.420 e. The van der Waals surface area contributed by atoms with Gasteiger partial charge in [0.2, 0.25) is 0 Å². The van der Waals surface area contributed by atoms with Crippen LogP contribution in [0.2, 0.25) is 0 Å². The molecule has 0 aliphatic carbocycles. The molecule has 14 nitrogen and oxygen atoms in total. The Labute approximate surface area is 319 Å². The highest BCUT2D eigenvalue weighted by Crippen LogP contribution is 2.38. The quantitative estimate of drug-likeness (QED) is 0.128. The van der Waals surface area contributed by atoms with Gasteiger partial charge < -0.3 is 28.4 Å². The predicted molar refractivity (Wildman–Crippen MR) is 199 cm³/mol. The van der Waals surface area contributed by atoms with Crippen molar-refractivity contribution >= 4 is 29.6 Å². The Balaban J connectivity index is 2.13. The van der Waals surface area contributed by atoms with Crippen molar-refractivity contribution in [3.63, 3.8) is 0 Å². The van der Waals surface area contributed by atoms with Gasteiger partial charge in [-0.15, -0.1) is 6.58 Å². The Morgan fingerprint density at radius 3 is 2.35 bits per heavy atom. The molecule has 2 aliphatic rings. The first-order valence-corrected chi connectivity index (χ1v) is 18.7. The number of nitrogens with zero attached hydrogens (tertiary/aromatic N) is 3. The Bertz CT molecular complexity index is 1540. The van der Waals surface area contributed by atoms with E-state index in [2.05, 4.69) is 16.5 Å². The van der Waals surface area contributed by atoms with Gasteiger partial charge >= 0.3 is 18.0 Å². The Hall–Kier alpha value is -3.72. The molecule has 1 aromatic rings. The first kappa shape index (κ1) is 44.7. The average Bonchev–Trinajstić information content (AvgIpc) is 3.66. The number of methoxy groups -OCH3 is 1. The summed E-state index contributed by atoms with van der Waals surface area (Å²) in [5.74, 6) is -5.14. The van der Waals surface area contributed by atoms with E-state index in [1.807, 2.05) is 20.9 Å². The molecule has 0 radical (unpaired) electrons. The third-order valence-electron chi connectivity index (χ3n) is 10.7. The number of Topliss-reactive ketones (excluding diaryl/α,β-unsaturated/α-hetero) is 2. The van der Waals surface area contributed by atoms with Crippen molar-refractivity contribution in [2.45, 2.75) is 143 Å². The van der Waals surface area contributed by atoms with E-state index in [1.54, 1.807) is 41.5 Å². The highest BCUT2D eigenvalue weighted by atomic mass is 16.7. The van der Waals surface area contributed by atoms with E-state index in [4.69, 9.17) is 28.4 Å². The number of cyclic esters (lactones) is 1. The first-order valence-electron chi connectivity index (χ1n) is 18.7. The summed E-state index contributed by atoms with van der Waals surface area (Å²) in [6.45, 7) is 21.3. The van der Waals surface area contributed by atoms with Crippen LogP contribution >= 0.6 is 0 Å². The van der Waals surface area contributed by atoms with Gasteiger partial charge in [0.25, 0.3) is 0 Å². The molecular formula is C40H61N3O11. The fraction of sp³-hybridized carbons (Fsp3) is 0.700. The monoisotopic (exact) mass is 759 g/mol. The summed E-state index contributed by atoms with van der Waals surface area (Å²) in [6.07, 6.45) is 1.85. The third-order valence-corrected chi connectivity index (χ3v) is 10.7. The van der Waals surface area contributed by atoms with Crippen LogP contribution in [0.25, 0.3) is 0 Å². The molecule has 1 saturated heterocycles. The number of ether oxygens (including phenoxy) is 6. The summed E-state index contributed by atoms with van der Waals surface area (Å²) in [5, 5.41) is 0. The van der Waals surface area contributed by atoms with Crippen molar-refractivity contribution in [3.8, 4) is 0 Å². The number of carbonyl (C=O) groups is 5. The number of hydrogen-bond acceptors (Lipinski definition) is 13. The molecule has 1 aromatic heterocycles. The topological polar surface area (TPSA) is 162 Å². The van der Waals surface area contributed by atoms with E-state index in [9.17, 15) is 24.0 Å². The lowest BCUT2D eigenvalue weighted by atomic mass is 9.77. The van der Waals surface area contributed by atoms with E-state index < -0.39 is 77.4 Å². The summed E-state index contributed by atoms with van der Waals surface area (Å²) >= 11 is 0. The Kier molecular flexibility index (Phi) is 15.5. The van der Waals surface area contributed by atoms with Crippen LogP contribution in [-0.4, -0.2) is 113 Å². The number of esters is 2. The van der Waals surface area contributed by atoms with E-state index >= 15 is 0 Å². The summed E-state index contributed by atoms with van der Waals surface area (Å²) < 4.78 is 38.2. The second-order valence-electron chi connectivity index (χ2n) is 15.5. The van der Waals surface area contributed by atoms with Gasteiger partial charge in [0.1, 0.15) is 18.3 Å². The van der Waals surface area contributed by atoms with Gasteiger partial charge in [0, 0.05) is 44.8 Å². The first-order chi connectivity index (χ1) is 25.2. The summed E-state index contributed by atoms with van der Waals surface area (Å²) in [5.41, 5.74) is -1.64. The van der Waals surface area contributed by atoms with Crippen molar-refractivity contribution in [2.24, 2.45) is 17.8 Å². The summed E-state index contributed by atoms with van der Waals surface area (Å²) in [7, 11) is 3.41. The van der Waals surface area contributed by atoms with Gasteiger partial charge in [-0.25, -0.2) is 14.3 Å². The SMILES string of the molecule is C=C(C)CCN(C)[C@H]1C[C@@H](C)O[C@@H](O[C@@H]2[C@@H](C)C(=O)[C@@H](C)C(=O)O[C@H](CC)[C@@](C)(OC(=O)n3ccnc3)/C=C(\C)C(=O)[C@H](C)C[C@@]2(C)OC)[C@@H]1OC(C)=O. The fourth-order valence-corrected chi connectivity index (χ4v) is 7.56. The molecular weight excluding hydrogens is 698 g/mol. The van der Waals surface area contributed by atoms with Gasteiger partial charge in [0.15, 0.2) is 29.6 Å². The van der Waals surface area contributed by atoms with Crippen LogP contribution in [0.15, 0.2) is 42.5 Å². The molecule has 3 heterocycles. The number of likely N-dealkylation sites (N-methyl/N-ethyl adjacent to an activating group) is 1. The third kappa shape index (κ3) is 10.7. The van der Waals surface area contributed by atoms with Crippen molar-refractivity contribution in [1.82, 2.24) is 14.5 Å². The number of imidazole rings is 1. The van der Waals surface area contributed by atoms with Gasteiger partial charge in [-0.05, 0) is 85.9 Å². The number of aromatic nitrogens is 2. The lowest BCUT2D eigenvalue weighted by molar-refractivity contribution is -0.298. The van der Waals surface area contributed by atoms with Crippen molar-refractivity contribution in [1.29, 1.82) is 0 Å². The van der Waals surface area contributed by atoms with Crippen LogP contribution in [0.1, 0.15) is 94.9 Å². The van der Waals surface area contributed by atoms with Crippen molar-refractivity contribution in [3.05, 3.63) is 42.5 Å². The second-order valence-corrected chi connectivity index (χ2v) is 15.5. The van der Waals surface area contributed by atoms with Crippen molar-refractivity contribution in [2.75, 3.05) is 20.7 Å². The normalized spacial score (nSPS) is 35.4. The number of carbonyl (C=O) groups excluding carboxylic acids is 5. The zero-order valence-corrected chi connectivity index (χ0v) is 34.1. The largest absolute Gasteiger partial charge is 0.457 e. The Morgan fingerprint density at radius 2 is 1.80 bits per heavy atom. The Morgan fingerprint density at radius 1 is 1.13 bits per heavy atom. The van der Waals surface area contributed by atoms with Crippen molar-refractivity contribution < 1.29 is 52.4 Å². The molecule has 1 fully saturated rings. The number of rotatable bonds is 10. The maximum atomic E-state index is 14.4. The standard InChI is InChI=1S/C40H61N3O11/c1-14-31-39(10,54-38(48)43-18-16-41-22-43)20-24(4)32(45)25(5)21-40(11,49-13)35(27(7)33(46)28(8)36(47)52-31)53-37-34(51-29(9)44)30(19-26(6)50-37)42(12)17-15-23(2)3/h16,18,20,22,25-28,30-31,34-35,37H,2,14-15,17,19,21H2,1,3-13H3/b24-20+/t25-,26-,27+,28-,30+,31-,34-,35-,37+,39+,40-/m1/s1. The van der Waals surface area contributed by atoms with Crippen LogP contribution in [0.4, 0.5) is 4.79 Å². The number of hydrogen-bond donors (Lipinski definition) is 0. The zero-order valence-electron chi connectivity index (χ0n) is 34.1. The molecule has 0 N–H and O–H groups in total. The average molecular weight is 760 g/mol. The molecule has 0 spiro atoms. The summed E-state index contributed by atoms with van der Waals surface area (Å²) in [6, 6.07) is -0.300. The minimum atomic E-state index is -1.60. The molecule has 11 atom stereocenters. The molecule has 0 unspecified atom stereocenters. The minimum absolute atomic E-state index is 0.0832. The van der Waals surface area contributed by atoms with Gasteiger partial charge in [-0.1, -0.05) is 26.3 Å². The number of allylic oxidation sites excluding steroid dienone is 1. The van der Waals surface area contributed by atoms with Crippen LogP contribution in [0, 0.1) is 17.8 Å². The highest BCUT2D eigenvalue weighted by Gasteiger charge is 2.51. The smallest absolute Gasteiger partial charge is 0.420 e. The van der Waals surface area contributed by atoms with Gasteiger partial charge in [-0.2, -0.15) is 0 Å². The molecule has 0 saturated carbocycles. The molecule has 0 amide bonds. The number of ketones is 2. The fourth-order valence-electron chi connectivity index (χ4n) is 7.56. The minimum Gasteiger partial charge on any atom is -0.457 e. The van der Waals surface area contributed by atoms with E-state index in [-0.39, 0.29) is 36.3 Å². The van der Waals surface area contributed by atoms with Gasteiger partial charge in [0.05, 0.1) is 23.9 Å². The molecule has 54 heavy (non-hydrogen) atoms. The van der Waals surface area contributed by atoms with E-state index in [0.29, 0.717) is 13.0 Å². The van der Waals surface area contributed by atoms with Gasteiger partial charge in [-0.3, -0.25) is 24.1 Å². The molecule has 0 bridgehead atoms.